The third kappa shape index (κ3) is 2.34. The SMILES string of the molecule is CCCCn1cnc(-c2ccc(F)c(F)c2)c1N. The van der Waals surface area contributed by atoms with Crippen LogP contribution < -0.4 is 5.73 Å². The smallest absolute Gasteiger partial charge is 0.159 e. The average Bonchev–Trinajstić information content (AvgIpc) is 2.72. The van der Waals surface area contributed by atoms with Gasteiger partial charge in [0.05, 0.1) is 6.33 Å². The molecule has 0 saturated carbocycles. The van der Waals surface area contributed by atoms with Crippen molar-refractivity contribution in [1.82, 2.24) is 9.55 Å². The second-order valence-electron chi connectivity index (χ2n) is 4.15. The maximum atomic E-state index is 13.2. The first-order chi connectivity index (χ1) is 8.63. The van der Waals surface area contributed by atoms with E-state index in [0.29, 0.717) is 17.1 Å². The van der Waals surface area contributed by atoms with Crippen LogP contribution in [0.25, 0.3) is 11.3 Å². The van der Waals surface area contributed by atoms with E-state index in [2.05, 4.69) is 11.9 Å². The lowest BCUT2D eigenvalue weighted by Crippen LogP contribution is -2.02. The van der Waals surface area contributed by atoms with E-state index in [0.717, 1.165) is 31.5 Å². The molecule has 0 unspecified atom stereocenters. The van der Waals surface area contributed by atoms with E-state index in [1.54, 1.807) is 6.33 Å². The summed E-state index contributed by atoms with van der Waals surface area (Å²) in [4.78, 5) is 4.16. The Bertz CT molecular complexity index is 549. The largest absolute Gasteiger partial charge is 0.383 e. The highest BCUT2D eigenvalue weighted by molar-refractivity contribution is 5.70. The molecule has 0 saturated heterocycles. The van der Waals surface area contributed by atoms with Crippen LogP contribution in [0.2, 0.25) is 0 Å². The molecule has 18 heavy (non-hydrogen) atoms. The van der Waals surface area contributed by atoms with Crippen molar-refractivity contribution in [2.75, 3.05) is 5.73 Å². The number of nitrogens with two attached hydrogens (primary N) is 1. The van der Waals surface area contributed by atoms with Crippen LogP contribution in [0.15, 0.2) is 24.5 Å². The Morgan fingerprint density at radius 2 is 2.06 bits per heavy atom. The number of rotatable bonds is 4. The number of anilines is 1. The van der Waals surface area contributed by atoms with Crippen molar-refractivity contribution in [2.24, 2.45) is 0 Å². The van der Waals surface area contributed by atoms with Crippen LogP contribution >= 0.6 is 0 Å². The fourth-order valence-electron chi connectivity index (χ4n) is 1.76. The Hall–Kier alpha value is -1.91. The number of aromatic nitrogens is 2. The number of hydrogen-bond donors (Lipinski definition) is 1. The Kier molecular flexibility index (Phi) is 3.60. The Morgan fingerprint density at radius 3 is 2.72 bits per heavy atom. The summed E-state index contributed by atoms with van der Waals surface area (Å²) in [6.45, 7) is 2.86. The molecule has 0 amide bonds. The molecule has 2 aromatic rings. The molecule has 1 heterocycles. The van der Waals surface area contributed by atoms with Gasteiger partial charge >= 0.3 is 0 Å². The van der Waals surface area contributed by atoms with E-state index in [9.17, 15) is 8.78 Å². The summed E-state index contributed by atoms with van der Waals surface area (Å²) >= 11 is 0. The molecular weight excluding hydrogens is 236 g/mol. The lowest BCUT2D eigenvalue weighted by atomic mass is 10.1. The Labute approximate surface area is 104 Å². The molecule has 5 heteroatoms. The number of unbranched alkanes of at least 4 members (excludes halogenated alkanes) is 1. The molecule has 96 valence electrons. The van der Waals surface area contributed by atoms with Crippen LogP contribution in [0.4, 0.5) is 14.6 Å². The van der Waals surface area contributed by atoms with E-state index in [4.69, 9.17) is 5.73 Å². The first kappa shape index (κ1) is 12.5. The molecule has 0 bridgehead atoms. The van der Waals surface area contributed by atoms with Gasteiger partial charge in [-0.1, -0.05) is 13.3 Å². The molecule has 0 atom stereocenters. The first-order valence-electron chi connectivity index (χ1n) is 5.89. The van der Waals surface area contributed by atoms with Crippen molar-refractivity contribution >= 4 is 5.82 Å². The number of halogens is 2. The molecule has 0 fully saturated rings. The number of hydrogen-bond acceptors (Lipinski definition) is 2. The van der Waals surface area contributed by atoms with Gasteiger partial charge in [0.15, 0.2) is 11.6 Å². The van der Waals surface area contributed by atoms with E-state index in [1.807, 2.05) is 4.57 Å². The van der Waals surface area contributed by atoms with Crippen molar-refractivity contribution in [2.45, 2.75) is 26.3 Å². The standard InChI is InChI=1S/C13H15F2N3/c1-2-3-6-18-8-17-12(13(18)16)9-4-5-10(14)11(15)7-9/h4-5,7-8H,2-3,6,16H2,1H3. The number of nitrogens with zero attached hydrogens (tertiary/aromatic N) is 2. The average molecular weight is 251 g/mol. The van der Waals surface area contributed by atoms with E-state index < -0.39 is 11.6 Å². The number of imidazole rings is 1. The topological polar surface area (TPSA) is 43.8 Å². The zero-order valence-electron chi connectivity index (χ0n) is 10.2. The van der Waals surface area contributed by atoms with E-state index in [-0.39, 0.29) is 0 Å². The summed E-state index contributed by atoms with van der Waals surface area (Å²) in [5, 5.41) is 0. The van der Waals surface area contributed by atoms with Gasteiger partial charge in [0, 0.05) is 12.1 Å². The Morgan fingerprint density at radius 1 is 1.28 bits per heavy atom. The number of aryl methyl sites for hydroxylation is 1. The third-order valence-electron chi connectivity index (χ3n) is 2.82. The molecule has 2 rings (SSSR count). The van der Waals surface area contributed by atoms with Crippen LogP contribution in [0, 0.1) is 11.6 Å². The highest BCUT2D eigenvalue weighted by atomic mass is 19.2. The zero-order chi connectivity index (χ0) is 13.1. The lowest BCUT2D eigenvalue weighted by molar-refractivity contribution is 0.509. The van der Waals surface area contributed by atoms with Gasteiger partial charge in [-0.05, 0) is 24.6 Å². The summed E-state index contributed by atoms with van der Waals surface area (Å²) in [5.41, 5.74) is 6.93. The fraction of sp³-hybridized carbons (Fsp3) is 0.308. The summed E-state index contributed by atoms with van der Waals surface area (Å²) < 4.78 is 27.8. The predicted molar refractivity (Wildman–Crippen MR) is 66.9 cm³/mol. The highest BCUT2D eigenvalue weighted by Gasteiger charge is 2.11. The van der Waals surface area contributed by atoms with Crippen LogP contribution in [-0.2, 0) is 6.54 Å². The van der Waals surface area contributed by atoms with Crippen molar-refractivity contribution in [3.05, 3.63) is 36.2 Å². The quantitative estimate of drug-likeness (QED) is 0.906. The summed E-state index contributed by atoms with van der Waals surface area (Å²) in [6, 6.07) is 3.66. The first-order valence-corrected chi connectivity index (χ1v) is 5.89. The van der Waals surface area contributed by atoms with Crippen molar-refractivity contribution < 1.29 is 8.78 Å². The van der Waals surface area contributed by atoms with Crippen molar-refractivity contribution in [1.29, 1.82) is 0 Å². The van der Waals surface area contributed by atoms with Crippen LogP contribution in [-0.4, -0.2) is 9.55 Å². The summed E-state index contributed by atoms with van der Waals surface area (Å²) in [6.07, 6.45) is 3.68. The molecule has 1 aromatic carbocycles. The van der Waals surface area contributed by atoms with Gasteiger partial charge in [0.2, 0.25) is 0 Å². The summed E-state index contributed by atoms with van der Waals surface area (Å²) in [5.74, 6) is -1.28. The van der Waals surface area contributed by atoms with Crippen molar-refractivity contribution in [3.8, 4) is 11.3 Å². The third-order valence-corrected chi connectivity index (χ3v) is 2.82. The molecule has 0 aliphatic carbocycles. The van der Waals surface area contributed by atoms with Gasteiger partial charge in [-0.2, -0.15) is 0 Å². The number of benzene rings is 1. The normalized spacial score (nSPS) is 10.8. The number of nitrogen functional groups attached to an aromatic ring is 1. The minimum Gasteiger partial charge on any atom is -0.383 e. The molecule has 0 aliphatic rings. The highest BCUT2D eigenvalue weighted by Crippen LogP contribution is 2.25. The van der Waals surface area contributed by atoms with Gasteiger partial charge in [0.25, 0.3) is 0 Å². The second-order valence-corrected chi connectivity index (χ2v) is 4.15. The minimum atomic E-state index is -0.894. The zero-order valence-corrected chi connectivity index (χ0v) is 10.2. The van der Waals surface area contributed by atoms with Gasteiger partial charge < -0.3 is 10.3 Å². The summed E-state index contributed by atoms with van der Waals surface area (Å²) in [7, 11) is 0. The molecule has 0 radical (unpaired) electrons. The van der Waals surface area contributed by atoms with Gasteiger partial charge in [-0.3, -0.25) is 0 Å². The maximum Gasteiger partial charge on any atom is 0.159 e. The molecule has 3 nitrogen and oxygen atoms in total. The monoisotopic (exact) mass is 251 g/mol. The molecule has 2 N–H and O–H groups in total. The van der Waals surface area contributed by atoms with E-state index in [1.165, 1.54) is 6.07 Å². The predicted octanol–water partition coefficient (Wildman–Crippen LogP) is 3.21. The van der Waals surface area contributed by atoms with Gasteiger partial charge in [-0.25, -0.2) is 13.8 Å². The molecule has 0 aliphatic heterocycles. The molecule has 0 spiro atoms. The van der Waals surface area contributed by atoms with Crippen molar-refractivity contribution in [3.63, 3.8) is 0 Å². The maximum absolute atomic E-state index is 13.2. The molecule has 1 aromatic heterocycles. The van der Waals surface area contributed by atoms with Gasteiger partial charge in [-0.15, -0.1) is 0 Å². The molecular formula is C13H15F2N3. The van der Waals surface area contributed by atoms with Gasteiger partial charge in [0.1, 0.15) is 11.5 Å². The minimum absolute atomic E-state index is 0.481. The van der Waals surface area contributed by atoms with E-state index >= 15 is 0 Å². The second kappa shape index (κ2) is 5.16. The van der Waals surface area contributed by atoms with Crippen LogP contribution in [0.3, 0.4) is 0 Å². The van der Waals surface area contributed by atoms with Crippen LogP contribution in [0.5, 0.6) is 0 Å². The lowest BCUT2D eigenvalue weighted by Gasteiger charge is -2.05. The fourth-order valence-corrected chi connectivity index (χ4v) is 1.76. The van der Waals surface area contributed by atoms with Crippen LogP contribution in [0.1, 0.15) is 19.8 Å². The Balaban J connectivity index is 2.33.